The molecule has 18 atom stereocenters. The van der Waals surface area contributed by atoms with Gasteiger partial charge in [-0.25, -0.2) is 4.79 Å². The van der Waals surface area contributed by atoms with Crippen molar-refractivity contribution >= 4 is 81.9 Å². The number of amides is 7. The zero-order valence-corrected chi connectivity index (χ0v) is 63.2. The third-order valence-electron chi connectivity index (χ3n) is 20.1. The molecule has 1 aromatic heterocycles. The van der Waals surface area contributed by atoms with E-state index in [1.54, 1.807) is 13.8 Å². The van der Waals surface area contributed by atoms with Gasteiger partial charge in [0.25, 0.3) is 0 Å². The van der Waals surface area contributed by atoms with E-state index in [2.05, 4.69) is 42.5 Å². The largest absolute Gasteiger partial charge is 0.508 e. The summed E-state index contributed by atoms with van der Waals surface area (Å²) in [6.45, 7) is 6.24. The minimum Gasteiger partial charge on any atom is -0.508 e. The number of carboxylic acids is 1. The van der Waals surface area contributed by atoms with Gasteiger partial charge in [0.1, 0.15) is 89.5 Å². The lowest BCUT2D eigenvalue weighted by atomic mass is 9.85. The van der Waals surface area contributed by atoms with Crippen LogP contribution in [0, 0.1) is 5.92 Å². The van der Waals surface area contributed by atoms with Crippen LogP contribution in [0.1, 0.15) is 110 Å². The number of likely N-dealkylation sites (N-methyl/N-ethyl adjacent to an activating group) is 1. The highest BCUT2D eigenvalue weighted by Crippen LogP contribution is 2.50. The van der Waals surface area contributed by atoms with Gasteiger partial charge >= 0.3 is 5.97 Å². The van der Waals surface area contributed by atoms with Crippen molar-refractivity contribution in [3.8, 4) is 67.6 Å². The summed E-state index contributed by atoms with van der Waals surface area (Å²) in [6.07, 6.45) is -18.5. The number of halogens is 2. The van der Waals surface area contributed by atoms with Crippen LogP contribution in [0.4, 0.5) is 0 Å². The topological polar surface area (TPSA) is 517 Å². The Morgan fingerprint density at radius 2 is 1.34 bits per heavy atom. The second-order valence-corrected chi connectivity index (χ2v) is 30.6. The average molecular weight is 1620 g/mol. The van der Waals surface area contributed by atoms with Gasteiger partial charge in [0, 0.05) is 51.0 Å². The number of rotatable bonds is 17. The molecule has 7 aliphatic rings. The van der Waals surface area contributed by atoms with Crippen molar-refractivity contribution < 1.29 is 118 Å². The van der Waals surface area contributed by atoms with Crippen LogP contribution in [-0.4, -0.2) is 191 Å². The number of thiophene rings is 1. The van der Waals surface area contributed by atoms with Crippen molar-refractivity contribution in [2.45, 2.75) is 163 Å². The minimum absolute atomic E-state index is 0.103. The molecule has 36 heteroatoms. The number of benzene rings is 6. The molecule has 33 nitrogen and oxygen atoms in total. The number of carbonyl (C=O) groups is 8. The zero-order valence-electron chi connectivity index (χ0n) is 60.9. The molecule has 11 bridgehead atoms. The van der Waals surface area contributed by atoms with Gasteiger partial charge in [-0.05, 0) is 128 Å². The molecule has 20 N–H and O–H groups in total. The first kappa shape index (κ1) is 82.2. The highest BCUT2D eigenvalue weighted by Gasteiger charge is 2.52. The van der Waals surface area contributed by atoms with Crippen LogP contribution in [0.15, 0.2) is 121 Å². The Balaban J connectivity index is 1.05. The molecule has 2 saturated heterocycles. The molecule has 0 radical (unpaired) electrons. The maximum absolute atomic E-state index is 16.2. The number of nitrogens with two attached hydrogens (primary N) is 1. The number of aliphatic hydroxyl groups excluding tert-OH is 6. The lowest BCUT2D eigenvalue weighted by Gasteiger charge is -2.48. The first-order chi connectivity index (χ1) is 53.7. The van der Waals surface area contributed by atoms with Gasteiger partial charge in [-0.1, -0.05) is 85.6 Å². The molecule has 600 valence electrons. The number of ether oxygens (including phenoxy) is 6. The third kappa shape index (κ3) is 17.7. The highest BCUT2D eigenvalue weighted by molar-refractivity contribution is 7.15. The van der Waals surface area contributed by atoms with Crippen LogP contribution in [0.3, 0.4) is 0 Å². The summed E-state index contributed by atoms with van der Waals surface area (Å²) in [6, 6.07) is 13.0. The lowest BCUT2D eigenvalue weighted by molar-refractivity contribution is -0.334. The second-order valence-electron chi connectivity index (χ2n) is 28.6. The van der Waals surface area contributed by atoms with Gasteiger partial charge in [0.05, 0.1) is 41.3 Å². The standard InChI is InChI=1S/C77H83Cl2N9O24S/c1-31(2)19-44(81-5)69(99)87-60-62(94)35-12-16-48(42(78)21-35)108-50-23-37-24-51(66(50)112-76-67(65(97)64(96)52(30-89)110-76)111-55-28-77(4,68(98)32(3)107-55)82-29-39-14-18-53(113-39)33-9-7-6-8-10-33)109-49-17-13-36(22-43(49)79)63(95)61-74(104)86-59(75(105)106)41-25-38(90)26-47(92)56(41)40-20-34(11-15-46(40)91)57(71(101)88-61)85-72(102)58(37)84-70(100)45(27-54(80)93)83-73(60)103/h6-18,20-26,31-32,44-45,52,55,57-65,67-68,76,81-82,89-92,94-98H,19,27-30H2,1-5H3,(H2,80,93)(H,83,103)(H,84,100)(H,85,102)(H,86,104)(H,87,99)(H,88,101)(H,105,106)/t32-,44+,45-,52+,55-,57+,58+,59-,60+,61-,62+,63+,64+,65-,67+,68+,76-,77-/m0/s1. The molecule has 0 aliphatic carbocycles. The van der Waals surface area contributed by atoms with E-state index in [0.717, 1.165) is 82.0 Å². The van der Waals surface area contributed by atoms with Crippen molar-refractivity contribution in [1.82, 2.24) is 42.5 Å². The van der Waals surface area contributed by atoms with Gasteiger partial charge in [-0.2, -0.15) is 0 Å². The zero-order chi connectivity index (χ0) is 81.3. The van der Waals surface area contributed by atoms with E-state index in [1.807, 2.05) is 56.3 Å². The molecular weight excluding hydrogens is 1540 g/mol. The number of carboxylic acid groups (broad SMARTS) is 1. The molecule has 7 aliphatic heterocycles. The van der Waals surface area contributed by atoms with Crippen molar-refractivity contribution in [1.29, 1.82) is 0 Å². The minimum atomic E-state index is -2.36. The summed E-state index contributed by atoms with van der Waals surface area (Å²) in [4.78, 5) is 120. The third-order valence-corrected chi connectivity index (χ3v) is 21.8. The fourth-order valence-corrected chi connectivity index (χ4v) is 15.6. The Bertz CT molecular complexity index is 4810. The Kier molecular flexibility index (Phi) is 24.9. The maximum Gasteiger partial charge on any atom is 0.330 e. The van der Waals surface area contributed by atoms with Crippen LogP contribution in [0.2, 0.25) is 10.0 Å². The molecule has 0 unspecified atom stereocenters. The van der Waals surface area contributed by atoms with E-state index in [9.17, 15) is 75.0 Å². The fourth-order valence-electron chi connectivity index (χ4n) is 14.2. The second kappa shape index (κ2) is 34.2. The quantitative estimate of drug-likeness (QED) is 0.0618. The number of phenolic OH excluding ortho intramolecular Hbond substituents is 3. The first-order valence-electron chi connectivity index (χ1n) is 35.8. The number of aliphatic carboxylic acids is 1. The van der Waals surface area contributed by atoms with Crippen molar-refractivity contribution in [2.24, 2.45) is 11.7 Å². The van der Waals surface area contributed by atoms with Gasteiger partial charge in [-0.3, -0.25) is 33.6 Å². The Labute approximate surface area is 658 Å². The van der Waals surface area contributed by atoms with Crippen LogP contribution in [0.25, 0.3) is 21.6 Å². The number of primary amides is 1. The van der Waals surface area contributed by atoms with E-state index in [-0.39, 0.29) is 52.8 Å². The average Bonchev–Trinajstić information content (AvgIpc) is 1.39. The fraction of sp³-hybridized carbons (Fsp3) is 0.377. The molecule has 2 fully saturated rings. The van der Waals surface area contributed by atoms with E-state index < -0.39 is 237 Å². The van der Waals surface area contributed by atoms with Crippen molar-refractivity contribution in [3.05, 3.63) is 164 Å². The monoisotopic (exact) mass is 1620 g/mol. The molecule has 7 aromatic rings. The van der Waals surface area contributed by atoms with Gasteiger partial charge < -0.3 is 128 Å². The van der Waals surface area contributed by atoms with Crippen LogP contribution in [-0.2, 0) is 59.1 Å². The molecule has 14 rings (SSSR count). The van der Waals surface area contributed by atoms with E-state index in [4.69, 9.17) is 57.4 Å². The lowest BCUT2D eigenvalue weighted by Crippen LogP contribution is -2.65. The van der Waals surface area contributed by atoms with E-state index >= 15 is 14.4 Å². The van der Waals surface area contributed by atoms with E-state index in [1.165, 1.54) is 30.5 Å². The van der Waals surface area contributed by atoms with Crippen LogP contribution in [0.5, 0.6) is 46.0 Å². The molecule has 8 heterocycles. The molecule has 0 saturated carbocycles. The number of hydrogen-bond acceptors (Lipinski definition) is 26. The molecular formula is C77H83Cl2N9O24S. The summed E-state index contributed by atoms with van der Waals surface area (Å²) < 4.78 is 39.5. The maximum atomic E-state index is 16.2. The van der Waals surface area contributed by atoms with Gasteiger partial charge in [0.2, 0.25) is 53.4 Å². The summed E-state index contributed by atoms with van der Waals surface area (Å²) in [5.74, 6) is -16.0. The molecule has 113 heavy (non-hydrogen) atoms. The molecule has 6 aromatic carbocycles. The number of hydrogen-bond donors (Lipinski definition) is 19. The number of fused-ring (bicyclic) bond motifs is 15. The number of aromatic hydroxyl groups is 3. The highest BCUT2D eigenvalue weighted by atomic mass is 35.5. The summed E-state index contributed by atoms with van der Waals surface area (Å²) in [5, 5.41) is 136. The van der Waals surface area contributed by atoms with Crippen LogP contribution < -0.4 is 62.5 Å². The normalized spacial score (nSPS) is 27.5. The smallest absolute Gasteiger partial charge is 0.330 e. The van der Waals surface area contributed by atoms with E-state index in [0.29, 0.717) is 0 Å². The Morgan fingerprint density at radius 1 is 0.699 bits per heavy atom. The number of phenols is 3. The predicted molar refractivity (Wildman–Crippen MR) is 402 cm³/mol. The van der Waals surface area contributed by atoms with Gasteiger partial charge in [0.15, 0.2) is 29.9 Å². The Morgan fingerprint density at radius 3 is 1.96 bits per heavy atom. The van der Waals surface area contributed by atoms with Crippen LogP contribution >= 0.6 is 34.5 Å². The summed E-state index contributed by atoms with van der Waals surface area (Å²) in [5.41, 5.74) is 2.73. The van der Waals surface area contributed by atoms with Crippen molar-refractivity contribution in [3.63, 3.8) is 0 Å². The summed E-state index contributed by atoms with van der Waals surface area (Å²) in [7, 11) is 1.48. The summed E-state index contributed by atoms with van der Waals surface area (Å²) >= 11 is 15.8. The number of aliphatic hydroxyl groups is 6. The number of carbonyl (C=O) groups excluding carboxylic acids is 7. The SMILES string of the molecule is CN[C@H](CC(C)C)C(=O)N[C@H]1C(=O)N[C@@H](CC(N)=O)C(=O)N[C@H]2C(=O)N[C@H]3C(=O)N[C@H](C(=O)N[C@H](C(=O)O)c4cc(O)cc(O)c4-c4cc3ccc4O)[C@H](O)c3ccc(c(Cl)c3)Oc3cc2cc(c3O[C@@H]2O[C@H](CO)[C@@H](O)[C@H](O)[C@H]2O[C@H]2C[C@](C)(NCc3ccc(-c4ccccc4)s3)[C@H](O)[C@H](C)O2)Oc2ccc(cc2Cl)[C@H]1O. The Hall–Kier alpha value is -10.3. The number of nitrogens with one attached hydrogen (secondary N) is 8. The predicted octanol–water partition coefficient (Wildman–Crippen LogP) is 3.67. The van der Waals surface area contributed by atoms with Crippen molar-refractivity contribution in [2.75, 3.05) is 13.7 Å². The molecule has 0 spiro atoms. The van der Waals surface area contributed by atoms with Gasteiger partial charge in [-0.15, -0.1) is 11.3 Å². The first-order valence-corrected chi connectivity index (χ1v) is 37.3. The molecule has 7 amide bonds.